The van der Waals surface area contributed by atoms with Crippen LogP contribution in [0.1, 0.15) is 24.3 Å². The van der Waals surface area contributed by atoms with Gasteiger partial charge in [-0.2, -0.15) is 0 Å². The molecule has 1 aromatic heterocycles. The second kappa shape index (κ2) is 6.48. The molecule has 0 fully saturated rings. The number of carbonyl (C=O) groups is 2. The standard InChI is InChI=1S/C7H12N6O2.C2H6/c1-10-6(14)4-5(8)13(3-11-4)7(15)12(2)9;1-2/h3H,8-9H2,1-2H3,(H,10,14);1-2H3. The number of nitrogens with two attached hydrogens (primary N) is 2. The maximum Gasteiger partial charge on any atom is 0.344 e. The molecule has 0 atom stereocenters. The number of anilines is 1. The van der Waals surface area contributed by atoms with E-state index >= 15 is 0 Å². The van der Waals surface area contributed by atoms with Gasteiger partial charge in [0.05, 0.1) is 0 Å². The van der Waals surface area contributed by atoms with E-state index in [0.29, 0.717) is 0 Å². The molecule has 2 amide bonds. The minimum Gasteiger partial charge on any atom is -0.383 e. The van der Waals surface area contributed by atoms with Crippen LogP contribution in [-0.2, 0) is 0 Å². The molecular weight excluding hydrogens is 224 g/mol. The average Bonchev–Trinajstić information content (AvgIpc) is 2.71. The molecule has 0 saturated carbocycles. The van der Waals surface area contributed by atoms with E-state index in [9.17, 15) is 9.59 Å². The lowest BCUT2D eigenvalue weighted by atomic mass is 10.4. The molecule has 96 valence electrons. The number of carbonyl (C=O) groups excluding carboxylic acids is 2. The predicted molar refractivity (Wildman–Crippen MR) is 64.1 cm³/mol. The van der Waals surface area contributed by atoms with Crippen LogP contribution in [0.3, 0.4) is 0 Å². The molecule has 0 aliphatic heterocycles. The van der Waals surface area contributed by atoms with Crippen LogP contribution in [0.25, 0.3) is 0 Å². The van der Waals surface area contributed by atoms with Gasteiger partial charge in [0.1, 0.15) is 12.1 Å². The van der Waals surface area contributed by atoms with Gasteiger partial charge in [0, 0.05) is 14.1 Å². The monoisotopic (exact) mass is 242 g/mol. The molecule has 0 spiro atoms. The summed E-state index contributed by atoms with van der Waals surface area (Å²) in [7, 11) is 2.80. The Kier molecular flexibility index (Phi) is 5.69. The molecule has 1 aromatic rings. The van der Waals surface area contributed by atoms with Crippen molar-refractivity contribution >= 4 is 17.8 Å². The summed E-state index contributed by atoms with van der Waals surface area (Å²) < 4.78 is 0.991. The molecule has 5 N–H and O–H groups in total. The Morgan fingerprint density at radius 3 is 2.41 bits per heavy atom. The van der Waals surface area contributed by atoms with Gasteiger partial charge in [-0.15, -0.1) is 0 Å². The fourth-order valence-corrected chi connectivity index (χ4v) is 0.974. The van der Waals surface area contributed by atoms with Crippen molar-refractivity contribution in [1.29, 1.82) is 0 Å². The lowest BCUT2D eigenvalue weighted by molar-refractivity contribution is 0.0959. The molecule has 0 saturated heterocycles. The number of nitrogens with one attached hydrogen (secondary N) is 1. The fraction of sp³-hybridized carbons (Fsp3) is 0.444. The summed E-state index contributed by atoms with van der Waals surface area (Å²) in [6.45, 7) is 4.00. The smallest absolute Gasteiger partial charge is 0.344 e. The zero-order chi connectivity index (χ0) is 13.6. The second-order valence-corrected chi connectivity index (χ2v) is 2.82. The third kappa shape index (κ3) is 3.18. The fourth-order valence-electron chi connectivity index (χ4n) is 0.974. The SMILES string of the molecule is CC.CNC(=O)c1ncn(C(=O)N(C)N)c1N. The normalized spacial score (nSPS) is 9.00. The Morgan fingerprint density at radius 2 is 2.00 bits per heavy atom. The van der Waals surface area contributed by atoms with Crippen molar-refractivity contribution in [2.24, 2.45) is 5.84 Å². The van der Waals surface area contributed by atoms with Crippen LogP contribution in [-0.4, -0.2) is 40.6 Å². The van der Waals surface area contributed by atoms with Crippen LogP contribution in [0.15, 0.2) is 6.33 Å². The van der Waals surface area contributed by atoms with E-state index in [-0.39, 0.29) is 11.5 Å². The third-order valence-electron chi connectivity index (χ3n) is 1.75. The van der Waals surface area contributed by atoms with Crippen molar-refractivity contribution in [2.45, 2.75) is 13.8 Å². The molecule has 1 rings (SSSR count). The van der Waals surface area contributed by atoms with Crippen molar-refractivity contribution in [3.8, 4) is 0 Å². The maximum absolute atomic E-state index is 11.4. The summed E-state index contributed by atoms with van der Waals surface area (Å²) in [6, 6.07) is -0.574. The minimum absolute atomic E-state index is 0.00676. The van der Waals surface area contributed by atoms with Crippen molar-refractivity contribution in [3.05, 3.63) is 12.0 Å². The molecule has 0 radical (unpaired) electrons. The van der Waals surface area contributed by atoms with E-state index in [2.05, 4.69) is 10.3 Å². The van der Waals surface area contributed by atoms with Crippen LogP contribution in [0.4, 0.5) is 10.6 Å². The highest BCUT2D eigenvalue weighted by molar-refractivity contribution is 5.98. The number of hydrogen-bond acceptors (Lipinski definition) is 5. The lowest BCUT2D eigenvalue weighted by Crippen LogP contribution is -2.37. The van der Waals surface area contributed by atoms with Crippen molar-refractivity contribution in [1.82, 2.24) is 19.9 Å². The highest BCUT2D eigenvalue weighted by atomic mass is 16.2. The Bertz CT molecular complexity index is 398. The van der Waals surface area contributed by atoms with Gasteiger partial charge in [0.25, 0.3) is 5.91 Å². The number of hydrazine groups is 1. The zero-order valence-corrected chi connectivity index (χ0v) is 10.4. The molecule has 8 heteroatoms. The number of imidazole rings is 1. The first-order valence-electron chi connectivity index (χ1n) is 5.06. The number of nitrogens with zero attached hydrogens (tertiary/aromatic N) is 3. The van der Waals surface area contributed by atoms with Crippen LogP contribution in [0.5, 0.6) is 0 Å². The summed E-state index contributed by atoms with van der Waals surface area (Å²) in [6.07, 6.45) is 1.14. The van der Waals surface area contributed by atoms with Gasteiger partial charge in [-0.05, 0) is 0 Å². The van der Waals surface area contributed by atoms with Gasteiger partial charge < -0.3 is 11.1 Å². The van der Waals surface area contributed by atoms with Gasteiger partial charge in [0.15, 0.2) is 5.69 Å². The molecule has 0 aliphatic rings. The van der Waals surface area contributed by atoms with E-state index < -0.39 is 11.9 Å². The second-order valence-electron chi connectivity index (χ2n) is 2.82. The zero-order valence-electron chi connectivity index (χ0n) is 10.4. The third-order valence-corrected chi connectivity index (χ3v) is 1.75. The highest BCUT2D eigenvalue weighted by Crippen LogP contribution is 2.09. The van der Waals surface area contributed by atoms with Crippen molar-refractivity contribution in [2.75, 3.05) is 19.8 Å². The summed E-state index contributed by atoms with van der Waals surface area (Å²) in [5.74, 6) is 4.73. The number of hydrogen-bond donors (Lipinski definition) is 3. The van der Waals surface area contributed by atoms with Crippen LogP contribution in [0.2, 0.25) is 0 Å². The van der Waals surface area contributed by atoms with Crippen LogP contribution < -0.4 is 16.9 Å². The quantitative estimate of drug-likeness (QED) is 0.352. The van der Waals surface area contributed by atoms with Gasteiger partial charge in [-0.25, -0.2) is 20.2 Å². The van der Waals surface area contributed by atoms with Crippen molar-refractivity contribution in [3.63, 3.8) is 0 Å². The Balaban J connectivity index is 0.00000121. The summed E-state index contributed by atoms with van der Waals surface area (Å²) in [4.78, 5) is 26.3. The van der Waals surface area contributed by atoms with Crippen molar-refractivity contribution < 1.29 is 9.59 Å². The van der Waals surface area contributed by atoms with E-state index in [4.69, 9.17) is 11.6 Å². The summed E-state index contributed by atoms with van der Waals surface area (Å²) >= 11 is 0. The van der Waals surface area contributed by atoms with E-state index in [1.807, 2.05) is 13.8 Å². The first-order valence-corrected chi connectivity index (χ1v) is 5.06. The largest absolute Gasteiger partial charge is 0.383 e. The van der Waals surface area contributed by atoms with E-state index in [1.165, 1.54) is 14.1 Å². The number of aromatic nitrogens is 2. The first-order chi connectivity index (χ1) is 7.99. The molecule has 0 aliphatic carbocycles. The van der Waals surface area contributed by atoms with E-state index in [1.54, 1.807) is 0 Å². The molecule has 0 unspecified atom stereocenters. The van der Waals surface area contributed by atoms with Gasteiger partial charge >= 0.3 is 6.03 Å². The number of nitrogen functional groups attached to an aromatic ring is 1. The van der Waals surface area contributed by atoms with Crippen LogP contribution >= 0.6 is 0 Å². The molecule has 8 nitrogen and oxygen atoms in total. The Labute approximate surface area is 99.5 Å². The first kappa shape index (κ1) is 14.9. The number of amides is 2. The lowest BCUT2D eigenvalue weighted by Gasteiger charge is -2.10. The Hall–Kier alpha value is -2.09. The van der Waals surface area contributed by atoms with Gasteiger partial charge in [0.2, 0.25) is 0 Å². The molecule has 0 bridgehead atoms. The van der Waals surface area contributed by atoms with Gasteiger partial charge in [-0.3, -0.25) is 9.80 Å². The average molecular weight is 242 g/mol. The molecular formula is C9H18N6O2. The summed E-state index contributed by atoms with van der Waals surface area (Å²) in [5, 5.41) is 3.19. The minimum atomic E-state index is -0.574. The van der Waals surface area contributed by atoms with Gasteiger partial charge in [-0.1, -0.05) is 13.8 Å². The Morgan fingerprint density at radius 1 is 1.47 bits per heavy atom. The molecule has 1 heterocycles. The predicted octanol–water partition coefficient (Wildman–Crippen LogP) is -0.375. The topological polar surface area (TPSA) is 119 Å². The van der Waals surface area contributed by atoms with Crippen LogP contribution in [0, 0.1) is 0 Å². The molecule has 17 heavy (non-hydrogen) atoms. The van der Waals surface area contributed by atoms with E-state index in [0.717, 1.165) is 15.9 Å². The summed E-state index contributed by atoms with van der Waals surface area (Å²) in [5.41, 5.74) is 5.55. The maximum atomic E-state index is 11.4. The molecule has 0 aromatic carbocycles. The number of rotatable bonds is 1. The highest BCUT2D eigenvalue weighted by Gasteiger charge is 2.19.